The smallest absolute Gasteiger partial charge is 0.00239 e. The van der Waals surface area contributed by atoms with E-state index >= 15 is 0 Å². The molecule has 0 saturated heterocycles. The van der Waals surface area contributed by atoms with Gasteiger partial charge in [0.2, 0.25) is 0 Å². The molecular formula is C74H58. The highest BCUT2D eigenvalue weighted by molar-refractivity contribution is 6.26. The van der Waals surface area contributed by atoms with Gasteiger partial charge in [0.1, 0.15) is 0 Å². The molecule has 0 amide bonds. The minimum atomic E-state index is 1.33. The van der Waals surface area contributed by atoms with Gasteiger partial charge in [-0.2, -0.15) is 0 Å². The van der Waals surface area contributed by atoms with Crippen LogP contribution in [0.5, 0.6) is 0 Å². The van der Waals surface area contributed by atoms with Gasteiger partial charge in [0.25, 0.3) is 0 Å². The van der Waals surface area contributed by atoms with Crippen LogP contribution in [0.15, 0.2) is 206 Å². The molecule has 16 aromatic carbocycles. The maximum atomic E-state index is 2.33. The Morgan fingerprint density at radius 1 is 0.162 bits per heavy atom. The van der Waals surface area contributed by atoms with Crippen LogP contribution in [0.25, 0.3) is 129 Å². The standard InChI is InChI=1S/C20H16.3C18H14/c1-13-11-19-18-10-6-4-8-16(18)14(2)12-20(19)17-9-5-3-7-15(13)17;1-11-9-13-5-4-8-16-12(2)10-14-6-3-7-15(11)17(14)18(13)16;1-11-7-13-3-5-15-9-12(2)10-16-6-4-14(8-11)17(13)18(15)16;1-11-3-5-13-8-10-16-12(2)4-6-14-7-9-15(11)17(13)18(14)16/h3-12H,1-2H3;3*3-10H,1-2H3. The Morgan fingerprint density at radius 3 is 0.838 bits per heavy atom. The summed E-state index contributed by atoms with van der Waals surface area (Å²) in [5.74, 6) is 0. The molecule has 0 fully saturated rings. The second-order valence-electron chi connectivity index (χ2n) is 21.3. The van der Waals surface area contributed by atoms with E-state index in [0.717, 1.165) is 0 Å². The molecule has 16 aromatic rings. The number of benzene rings is 16. The van der Waals surface area contributed by atoms with E-state index in [2.05, 4.69) is 262 Å². The summed E-state index contributed by atoms with van der Waals surface area (Å²) in [5.41, 5.74) is 10.8. The number of aryl methyl sites for hydroxylation is 8. The van der Waals surface area contributed by atoms with Crippen molar-refractivity contribution in [1.29, 1.82) is 0 Å². The van der Waals surface area contributed by atoms with Crippen molar-refractivity contribution >= 4 is 129 Å². The lowest BCUT2D eigenvalue weighted by Crippen LogP contribution is -1.88. The van der Waals surface area contributed by atoms with Gasteiger partial charge in [-0.05, 0) is 229 Å². The molecular weight excluding hydrogens is 889 g/mol. The monoisotopic (exact) mass is 946 g/mol. The second-order valence-corrected chi connectivity index (χ2v) is 21.3. The minimum Gasteiger partial charge on any atom is -0.0616 e. The van der Waals surface area contributed by atoms with Crippen molar-refractivity contribution in [3.05, 3.63) is 251 Å². The van der Waals surface area contributed by atoms with Gasteiger partial charge < -0.3 is 0 Å². The van der Waals surface area contributed by atoms with E-state index in [0.29, 0.717) is 0 Å². The highest BCUT2D eigenvalue weighted by Crippen LogP contribution is 2.41. The maximum Gasteiger partial charge on any atom is -0.00239 e. The molecule has 0 heterocycles. The first-order valence-corrected chi connectivity index (χ1v) is 26.2. The van der Waals surface area contributed by atoms with E-state index in [1.807, 2.05) is 0 Å². The molecule has 0 unspecified atom stereocenters. The molecule has 0 aromatic heterocycles. The van der Waals surface area contributed by atoms with Crippen LogP contribution in [-0.2, 0) is 0 Å². The summed E-state index contributed by atoms with van der Waals surface area (Å²) in [7, 11) is 0. The van der Waals surface area contributed by atoms with Crippen molar-refractivity contribution in [1.82, 2.24) is 0 Å². The van der Waals surface area contributed by atoms with Gasteiger partial charge in [-0.25, -0.2) is 0 Å². The molecule has 0 aliphatic heterocycles. The highest BCUT2D eigenvalue weighted by atomic mass is 14.2. The fourth-order valence-electron chi connectivity index (χ4n) is 12.8. The van der Waals surface area contributed by atoms with Crippen molar-refractivity contribution < 1.29 is 0 Å². The molecule has 0 spiro atoms. The van der Waals surface area contributed by atoms with Gasteiger partial charge in [-0.1, -0.05) is 206 Å². The van der Waals surface area contributed by atoms with E-state index in [1.165, 1.54) is 174 Å². The number of fused-ring (bicyclic) bond motifs is 5. The maximum absolute atomic E-state index is 2.33. The summed E-state index contributed by atoms with van der Waals surface area (Å²) in [6.07, 6.45) is 0. The van der Waals surface area contributed by atoms with Crippen molar-refractivity contribution in [2.75, 3.05) is 0 Å². The molecule has 0 N–H and O–H groups in total. The molecule has 16 rings (SSSR count). The first-order valence-electron chi connectivity index (χ1n) is 26.2. The molecule has 0 aliphatic rings. The molecule has 0 saturated carbocycles. The third kappa shape index (κ3) is 7.34. The van der Waals surface area contributed by atoms with Crippen molar-refractivity contribution in [3.8, 4) is 0 Å². The molecule has 0 nitrogen and oxygen atoms in total. The van der Waals surface area contributed by atoms with Crippen molar-refractivity contribution in [3.63, 3.8) is 0 Å². The summed E-state index contributed by atoms with van der Waals surface area (Å²) in [5, 5.41) is 33.0. The van der Waals surface area contributed by atoms with Gasteiger partial charge >= 0.3 is 0 Å². The Hall–Kier alpha value is -8.58. The first kappa shape index (κ1) is 45.3. The van der Waals surface area contributed by atoms with Crippen LogP contribution in [0.3, 0.4) is 0 Å². The van der Waals surface area contributed by atoms with Gasteiger partial charge in [0.15, 0.2) is 0 Å². The predicted molar refractivity (Wildman–Crippen MR) is 327 cm³/mol. The Kier molecular flexibility index (Phi) is 10.8. The topological polar surface area (TPSA) is 0 Å². The van der Waals surface area contributed by atoms with E-state index in [9.17, 15) is 0 Å². The largest absolute Gasteiger partial charge is 0.0616 e. The molecule has 0 radical (unpaired) electrons. The van der Waals surface area contributed by atoms with Crippen LogP contribution in [0.4, 0.5) is 0 Å². The fraction of sp³-hybridized carbons (Fsp3) is 0.108. The summed E-state index contributed by atoms with van der Waals surface area (Å²) < 4.78 is 0. The Balaban J connectivity index is 0.0000000953. The third-order valence-corrected chi connectivity index (χ3v) is 16.3. The van der Waals surface area contributed by atoms with Crippen LogP contribution < -0.4 is 0 Å². The van der Waals surface area contributed by atoms with Crippen molar-refractivity contribution in [2.45, 2.75) is 55.4 Å². The SMILES string of the molecule is Cc1cc2c3ccccc3c(C)cc2c2ccccc12.Cc1cc2ccc3cc(C)cc4ccc(c1)c2c34.Cc1cc2cccc3c(C)cc4cccc1c4c23.Cc1ccc2ccc3c(C)ccc4ccc1c2c43. The third-order valence-electron chi connectivity index (χ3n) is 16.3. The van der Waals surface area contributed by atoms with Crippen molar-refractivity contribution in [2.24, 2.45) is 0 Å². The highest BCUT2D eigenvalue weighted by Gasteiger charge is 2.14. The number of rotatable bonds is 0. The van der Waals surface area contributed by atoms with Gasteiger partial charge in [0, 0.05) is 0 Å². The number of hydrogen-bond donors (Lipinski definition) is 0. The van der Waals surface area contributed by atoms with E-state index < -0.39 is 0 Å². The lowest BCUT2D eigenvalue weighted by atomic mass is 9.90. The summed E-state index contributed by atoms with van der Waals surface area (Å²) in [4.78, 5) is 0. The van der Waals surface area contributed by atoms with Gasteiger partial charge in [-0.3, -0.25) is 0 Å². The number of hydrogen-bond acceptors (Lipinski definition) is 0. The Labute approximate surface area is 433 Å². The average molecular weight is 947 g/mol. The average Bonchev–Trinajstić information content (AvgIpc) is 3.42. The quantitative estimate of drug-likeness (QED) is 0.133. The summed E-state index contributed by atoms with van der Waals surface area (Å²) >= 11 is 0. The molecule has 0 aliphatic carbocycles. The lowest BCUT2D eigenvalue weighted by Gasteiger charge is -2.14. The predicted octanol–water partition coefficient (Wildman–Crippen LogP) is 21.4. The molecule has 0 heteroatoms. The zero-order valence-electron chi connectivity index (χ0n) is 43.6. The van der Waals surface area contributed by atoms with Gasteiger partial charge in [0.05, 0.1) is 0 Å². The van der Waals surface area contributed by atoms with E-state index in [1.54, 1.807) is 0 Å². The van der Waals surface area contributed by atoms with Crippen LogP contribution in [0.2, 0.25) is 0 Å². The molecule has 74 heavy (non-hydrogen) atoms. The fourth-order valence-corrected chi connectivity index (χ4v) is 12.8. The summed E-state index contributed by atoms with van der Waals surface area (Å²) in [6, 6.07) is 75.9. The molecule has 0 atom stereocenters. The first-order chi connectivity index (χ1) is 36.0. The van der Waals surface area contributed by atoms with Crippen LogP contribution in [0, 0.1) is 55.4 Å². The van der Waals surface area contributed by atoms with Gasteiger partial charge in [-0.15, -0.1) is 0 Å². The van der Waals surface area contributed by atoms with E-state index in [-0.39, 0.29) is 0 Å². The van der Waals surface area contributed by atoms with Crippen LogP contribution in [0.1, 0.15) is 44.5 Å². The van der Waals surface area contributed by atoms with E-state index in [4.69, 9.17) is 0 Å². The lowest BCUT2D eigenvalue weighted by molar-refractivity contribution is 1.51. The molecule has 354 valence electrons. The zero-order chi connectivity index (χ0) is 50.5. The van der Waals surface area contributed by atoms with Crippen LogP contribution >= 0.6 is 0 Å². The normalized spacial score (nSPS) is 11.8. The second kappa shape index (κ2) is 17.6. The minimum absolute atomic E-state index is 1.33. The Bertz CT molecular complexity index is 4470. The van der Waals surface area contributed by atoms with Crippen LogP contribution in [-0.4, -0.2) is 0 Å². The zero-order valence-corrected chi connectivity index (χ0v) is 43.6. The molecule has 0 bridgehead atoms. The summed E-state index contributed by atoms with van der Waals surface area (Å²) in [6.45, 7) is 17.5. The Morgan fingerprint density at radius 2 is 0.446 bits per heavy atom.